The quantitative estimate of drug-likeness (QED) is 0.739. The van der Waals surface area contributed by atoms with Crippen molar-refractivity contribution in [3.8, 4) is 0 Å². The number of nitrogens with zero attached hydrogens (tertiary/aromatic N) is 1. The van der Waals surface area contributed by atoms with Gasteiger partial charge in [0.05, 0.1) is 0 Å². The first kappa shape index (κ1) is 11.2. The number of benzene rings is 1. The predicted octanol–water partition coefficient (Wildman–Crippen LogP) is 3.18. The van der Waals surface area contributed by atoms with Crippen molar-refractivity contribution < 1.29 is 4.39 Å². The Bertz CT molecular complexity index is 345. The van der Waals surface area contributed by atoms with E-state index in [1.165, 1.54) is 31.7 Å². The summed E-state index contributed by atoms with van der Waals surface area (Å²) in [6.07, 6.45) is 4.89. The van der Waals surface area contributed by atoms with Gasteiger partial charge >= 0.3 is 0 Å². The maximum Gasteiger partial charge on any atom is 0.127 e. The van der Waals surface area contributed by atoms with Crippen LogP contribution >= 0.6 is 0 Å². The fraction of sp³-hybridized carbons (Fsp3) is 0.538. The Labute approximate surface area is 96.2 Å². The molecule has 0 aromatic heterocycles. The van der Waals surface area contributed by atoms with Crippen LogP contribution in [0, 0.1) is 5.82 Å². The zero-order valence-electron chi connectivity index (χ0n) is 9.75. The molecule has 1 aliphatic rings. The molecule has 0 aliphatic carbocycles. The topological polar surface area (TPSA) is 29.3 Å². The van der Waals surface area contributed by atoms with Gasteiger partial charge in [0, 0.05) is 24.0 Å². The summed E-state index contributed by atoms with van der Waals surface area (Å²) in [6.45, 7) is 3.20. The van der Waals surface area contributed by atoms with Gasteiger partial charge in [0.15, 0.2) is 0 Å². The Balaban J connectivity index is 2.26. The third-order valence-electron chi connectivity index (χ3n) is 3.29. The Kier molecular flexibility index (Phi) is 3.32. The van der Waals surface area contributed by atoms with E-state index in [9.17, 15) is 4.39 Å². The van der Waals surface area contributed by atoms with Crippen molar-refractivity contribution >= 4 is 11.4 Å². The molecule has 0 bridgehead atoms. The summed E-state index contributed by atoms with van der Waals surface area (Å²) in [5.41, 5.74) is 7.11. The molecule has 1 aromatic carbocycles. The maximum atomic E-state index is 13.3. The Morgan fingerprint density at radius 2 is 2.06 bits per heavy atom. The smallest absolute Gasteiger partial charge is 0.127 e. The van der Waals surface area contributed by atoms with Gasteiger partial charge in [0.25, 0.3) is 0 Å². The molecule has 0 saturated carbocycles. The van der Waals surface area contributed by atoms with E-state index in [0.717, 1.165) is 12.2 Å². The molecular formula is C13H19FN2. The maximum absolute atomic E-state index is 13.3. The molecule has 1 atom stereocenters. The van der Waals surface area contributed by atoms with E-state index in [0.29, 0.717) is 11.7 Å². The van der Waals surface area contributed by atoms with E-state index >= 15 is 0 Å². The zero-order valence-corrected chi connectivity index (χ0v) is 9.75. The molecule has 2 nitrogen and oxygen atoms in total. The molecule has 2 N–H and O–H groups in total. The summed E-state index contributed by atoms with van der Waals surface area (Å²) < 4.78 is 13.3. The predicted molar refractivity (Wildman–Crippen MR) is 66.1 cm³/mol. The van der Waals surface area contributed by atoms with Gasteiger partial charge < -0.3 is 10.6 Å². The van der Waals surface area contributed by atoms with Crippen molar-refractivity contribution in [2.24, 2.45) is 0 Å². The highest BCUT2D eigenvalue weighted by Crippen LogP contribution is 2.26. The molecule has 16 heavy (non-hydrogen) atoms. The summed E-state index contributed by atoms with van der Waals surface area (Å²) in [4.78, 5) is 2.27. The number of nitrogens with two attached hydrogens (primary N) is 1. The van der Waals surface area contributed by atoms with Crippen molar-refractivity contribution in [2.45, 2.75) is 38.6 Å². The first-order chi connectivity index (χ1) is 7.66. The molecule has 1 saturated heterocycles. The third kappa shape index (κ3) is 2.46. The Morgan fingerprint density at radius 3 is 2.81 bits per heavy atom. The van der Waals surface area contributed by atoms with Crippen LogP contribution in [-0.2, 0) is 0 Å². The van der Waals surface area contributed by atoms with Gasteiger partial charge in [-0.1, -0.05) is 12.8 Å². The fourth-order valence-corrected chi connectivity index (χ4v) is 2.42. The highest BCUT2D eigenvalue weighted by molar-refractivity contribution is 5.57. The van der Waals surface area contributed by atoms with Crippen LogP contribution < -0.4 is 10.6 Å². The summed E-state index contributed by atoms with van der Waals surface area (Å²) in [5, 5.41) is 0. The van der Waals surface area contributed by atoms with Crippen molar-refractivity contribution in [3.05, 3.63) is 24.0 Å². The highest BCUT2D eigenvalue weighted by atomic mass is 19.1. The summed E-state index contributed by atoms with van der Waals surface area (Å²) >= 11 is 0. The number of halogens is 1. The van der Waals surface area contributed by atoms with Gasteiger partial charge in [-0.25, -0.2) is 4.39 Å². The van der Waals surface area contributed by atoms with Crippen LogP contribution in [0.2, 0.25) is 0 Å². The molecule has 88 valence electrons. The van der Waals surface area contributed by atoms with Crippen molar-refractivity contribution in [3.63, 3.8) is 0 Å². The average molecular weight is 222 g/mol. The second-order valence-electron chi connectivity index (χ2n) is 4.63. The third-order valence-corrected chi connectivity index (χ3v) is 3.29. The van der Waals surface area contributed by atoms with E-state index in [4.69, 9.17) is 5.73 Å². The Hall–Kier alpha value is -1.25. The monoisotopic (exact) mass is 222 g/mol. The zero-order chi connectivity index (χ0) is 11.5. The van der Waals surface area contributed by atoms with Gasteiger partial charge in [-0.2, -0.15) is 0 Å². The van der Waals surface area contributed by atoms with Gasteiger partial charge in [0.1, 0.15) is 5.82 Å². The number of anilines is 2. The van der Waals surface area contributed by atoms with Crippen LogP contribution in [0.25, 0.3) is 0 Å². The molecule has 2 rings (SSSR count). The van der Waals surface area contributed by atoms with Gasteiger partial charge in [-0.05, 0) is 38.0 Å². The highest BCUT2D eigenvalue weighted by Gasteiger charge is 2.17. The van der Waals surface area contributed by atoms with Gasteiger partial charge in [-0.15, -0.1) is 0 Å². The minimum Gasteiger partial charge on any atom is -0.399 e. The molecule has 3 heteroatoms. The van der Waals surface area contributed by atoms with E-state index in [1.807, 2.05) is 6.07 Å². The van der Waals surface area contributed by atoms with Gasteiger partial charge in [0.2, 0.25) is 0 Å². The molecule has 0 radical (unpaired) electrons. The normalized spacial score (nSPS) is 21.9. The van der Waals surface area contributed by atoms with E-state index < -0.39 is 0 Å². The van der Waals surface area contributed by atoms with Crippen molar-refractivity contribution in [1.29, 1.82) is 0 Å². The van der Waals surface area contributed by atoms with Gasteiger partial charge in [-0.3, -0.25) is 0 Å². The second kappa shape index (κ2) is 4.73. The van der Waals surface area contributed by atoms with Crippen LogP contribution in [0.15, 0.2) is 18.2 Å². The lowest BCUT2D eigenvalue weighted by Gasteiger charge is -2.29. The van der Waals surface area contributed by atoms with Crippen molar-refractivity contribution in [2.75, 3.05) is 17.2 Å². The molecule has 0 amide bonds. The largest absolute Gasteiger partial charge is 0.399 e. The number of rotatable bonds is 1. The first-order valence-electron chi connectivity index (χ1n) is 5.99. The number of nitrogen functional groups attached to an aromatic ring is 1. The van der Waals surface area contributed by atoms with Crippen LogP contribution in [-0.4, -0.2) is 12.6 Å². The minimum absolute atomic E-state index is 0.244. The molecule has 1 fully saturated rings. The number of hydrogen-bond donors (Lipinski definition) is 1. The fourth-order valence-electron chi connectivity index (χ4n) is 2.42. The van der Waals surface area contributed by atoms with Crippen LogP contribution in [0.4, 0.5) is 15.8 Å². The molecule has 1 aromatic rings. The minimum atomic E-state index is -0.244. The van der Waals surface area contributed by atoms with E-state index in [1.54, 1.807) is 6.07 Å². The summed E-state index contributed by atoms with van der Waals surface area (Å²) in [6, 6.07) is 5.29. The first-order valence-corrected chi connectivity index (χ1v) is 5.99. The number of hydrogen-bond acceptors (Lipinski definition) is 2. The molecule has 1 aliphatic heterocycles. The van der Waals surface area contributed by atoms with Crippen LogP contribution in [0.3, 0.4) is 0 Å². The van der Waals surface area contributed by atoms with Crippen molar-refractivity contribution in [1.82, 2.24) is 0 Å². The molecule has 1 unspecified atom stereocenters. The molecular weight excluding hydrogens is 203 g/mol. The van der Waals surface area contributed by atoms with Crippen LogP contribution in [0.1, 0.15) is 32.6 Å². The summed E-state index contributed by atoms with van der Waals surface area (Å²) in [7, 11) is 0. The lowest BCUT2D eigenvalue weighted by molar-refractivity contribution is 0.606. The lowest BCUT2D eigenvalue weighted by atomic mass is 10.1. The second-order valence-corrected chi connectivity index (χ2v) is 4.63. The molecule has 0 spiro atoms. The average Bonchev–Trinajstić information content (AvgIpc) is 2.41. The van der Waals surface area contributed by atoms with E-state index in [-0.39, 0.29) is 5.82 Å². The molecule has 1 heterocycles. The summed E-state index contributed by atoms with van der Waals surface area (Å²) in [5.74, 6) is -0.244. The lowest BCUT2D eigenvalue weighted by Crippen LogP contribution is -2.32. The van der Waals surface area contributed by atoms with Crippen LogP contribution in [0.5, 0.6) is 0 Å². The Morgan fingerprint density at radius 1 is 1.25 bits per heavy atom. The SMILES string of the molecule is CC1CCCCCN1c1cc(N)cc(F)c1. The standard InChI is InChI=1S/C13H19FN2/c1-10-5-3-2-4-6-16(10)13-8-11(14)7-12(15)9-13/h7-10H,2-6,15H2,1H3. The van der Waals surface area contributed by atoms with E-state index in [2.05, 4.69) is 11.8 Å².